The van der Waals surface area contributed by atoms with Crippen LogP contribution in [0.15, 0.2) is 18.2 Å². The molecule has 0 bridgehead atoms. The van der Waals surface area contributed by atoms with Crippen molar-refractivity contribution in [2.24, 2.45) is 0 Å². The number of unbranched alkanes of at least 4 members (excludes halogenated alkanes) is 1. The van der Waals surface area contributed by atoms with Gasteiger partial charge in [-0.1, -0.05) is 25.8 Å². The van der Waals surface area contributed by atoms with E-state index in [9.17, 15) is 5.11 Å². The molecule has 0 spiro atoms. The fourth-order valence-electron chi connectivity index (χ4n) is 1.63. The van der Waals surface area contributed by atoms with Gasteiger partial charge in [-0.15, -0.1) is 0 Å². The molecule has 0 aliphatic rings. The van der Waals surface area contributed by atoms with E-state index >= 15 is 0 Å². The maximum Gasteiger partial charge on any atom is 0.160 e. The predicted octanol–water partition coefficient (Wildman–Crippen LogP) is 3.50. The summed E-state index contributed by atoms with van der Waals surface area (Å²) in [6.07, 6.45) is 3.75. The van der Waals surface area contributed by atoms with Crippen LogP contribution in [0, 0.1) is 0 Å². The first-order valence-corrected chi connectivity index (χ1v) is 6.14. The summed E-state index contributed by atoms with van der Waals surface area (Å²) in [6, 6.07) is 5.29. The number of phenols is 1. The van der Waals surface area contributed by atoms with Crippen LogP contribution in [-0.2, 0) is 11.3 Å². The molecule has 0 amide bonds. The van der Waals surface area contributed by atoms with Crippen LogP contribution >= 0.6 is 0 Å². The van der Waals surface area contributed by atoms with E-state index in [1.165, 1.54) is 12.8 Å². The third-order valence-electron chi connectivity index (χ3n) is 2.74. The highest BCUT2D eigenvalue weighted by atomic mass is 16.5. The van der Waals surface area contributed by atoms with Crippen LogP contribution in [0.3, 0.4) is 0 Å². The van der Waals surface area contributed by atoms with E-state index in [0.29, 0.717) is 12.4 Å². The zero-order valence-corrected chi connectivity index (χ0v) is 10.9. The van der Waals surface area contributed by atoms with Crippen LogP contribution in [0.2, 0.25) is 0 Å². The maximum atomic E-state index is 9.46. The normalized spacial score (nSPS) is 12.4. The van der Waals surface area contributed by atoms with Gasteiger partial charge in [-0.05, 0) is 31.0 Å². The van der Waals surface area contributed by atoms with Crippen molar-refractivity contribution in [1.82, 2.24) is 0 Å². The molecule has 1 aromatic rings. The summed E-state index contributed by atoms with van der Waals surface area (Å²) in [4.78, 5) is 0. The Morgan fingerprint density at radius 1 is 1.35 bits per heavy atom. The SMILES string of the molecule is CCCCC(C)OCc1ccc(O)c(OC)c1. The summed E-state index contributed by atoms with van der Waals surface area (Å²) >= 11 is 0. The first-order valence-electron chi connectivity index (χ1n) is 6.14. The van der Waals surface area contributed by atoms with E-state index in [1.54, 1.807) is 13.2 Å². The fourth-order valence-corrected chi connectivity index (χ4v) is 1.63. The lowest BCUT2D eigenvalue weighted by Gasteiger charge is -2.13. The fraction of sp³-hybridized carbons (Fsp3) is 0.571. The molecule has 1 N–H and O–H groups in total. The summed E-state index contributed by atoms with van der Waals surface area (Å²) in [5.74, 6) is 0.655. The van der Waals surface area contributed by atoms with Gasteiger partial charge in [0.2, 0.25) is 0 Å². The Morgan fingerprint density at radius 3 is 2.76 bits per heavy atom. The molecule has 0 saturated carbocycles. The number of phenolic OH excluding ortho intramolecular Hbond substituents is 1. The molecule has 0 aromatic heterocycles. The molecule has 0 aliphatic carbocycles. The van der Waals surface area contributed by atoms with Crippen LogP contribution in [0.4, 0.5) is 0 Å². The molecular weight excluding hydrogens is 216 g/mol. The minimum atomic E-state index is 0.162. The molecule has 1 rings (SSSR count). The molecule has 1 aromatic carbocycles. The molecule has 96 valence electrons. The summed E-state index contributed by atoms with van der Waals surface area (Å²) in [6.45, 7) is 4.83. The number of rotatable bonds is 7. The van der Waals surface area contributed by atoms with E-state index in [4.69, 9.17) is 9.47 Å². The maximum absolute atomic E-state index is 9.46. The molecule has 3 heteroatoms. The Bertz CT molecular complexity index is 336. The molecule has 0 aliphatic heterocycles. The third kappa shape index (κ3) is 4.65. The van der Waals surface area contributed by atoms with Crippen LogP contribution in [0.1, 0.15) is 38.7 Å². The van der Waals surface area contributed by atoms with E-state index in [-0.39, 0.29) is 11.9 Å². The van der Waals surface area contributed by atoms with Gasteiger partial charge in [-0.2, -0.15) is 0 Å². The number of aromatic hydroxyl groups is 1. The van der Waals surface area contributed by atoms with Gasteiger partial charge in [0.25, 0.3) is 0 Å². The molecule has 0 saturated heterocycles. The molecule has 0 heterocycles. The second-order valence-corrected chi connectivity index (χ2v) is 4.27. The Labute approximate surface area is 103 Å². The average Bonchev–Trinajstić information content (AvgIpc) is 2.35. The standard InChI is InChI=1S/C14H22O3/c1-4-5-6-11(2)17-10-12-7-8-13(15)14(9-12)16-3/h7-9,11,15H,4-6,10H2,1-3H3. The zero-order valence-electron chi connectivity index (χ0n) is 10.9. The first kappa shape index (κ1) is 13.8. The lowest BCUT2D eigenvalue weighted by atomic mass is 10.2. The minimum Gasteiger partial charge on any atom is -0.504 e. The van der Waals surface area contributed by atoms with Crippen LogP contribution < -0.4 is 4.74 Å². The largest absolute Gasteiger partial charge is 0.504 e. The van der Waals surface area contributed by atoms with Crippen molar-refractivity contribution in [2.75, 3.05) is 7.11 Å². The van der Waals surface area contributed by atoms with Crippen molar-refractivity contribution in [3.8, 4) is 11.5 Å². The number of hydrogen-bond acceptors (Lipinski definition) is 3. The van der Waals surface area contributed by atoms with Gasteiger partial charge in [0.15, 0.2) is 11.5 Å². The zero-order chi connectivity index (χ0) is 12.7. The molecule has 0 fully saturated rings. The molecule has 3 nitrogen and oxygen atoms in total. The summed E-state index contributed by atoms with van der Waals surface area (Å²) in [5.41, 5.74) is 1.02. The Hall–Kier alpha value is -1.22. The highest BCUT2D eigenvalue weighted by Crippen LogP contribution is 2.26. The van der Waals surface area contributed by atoms with Gasteiger partial charge >= 0.3 is 0 Å². The van der Waals surface area contributed by atoms with Gasteiger partial charge in [-0.3, -0.25) is 0 Å². The van der Waals surface area contributed by atoms with Gasteiger partial charge < -0.3 is 14.6 Å². The Kier molecular flexibility index (Phi) is 5.84. The van der Waals surface area contributed by atoms with Crippen LogP contribution in [0.25, 0.3) is 0 Å². The lowest BCUT2D eigenvalue weighted by Crippen LogP contribution is -2.07. The third-order valence-corrected chi connectivity index (χ3v) is 2.74. The molecule has 17 heavy (non-hydrogen) atoms. The number of ether oxygens (including phenoxy) is 2. The smallest absolute Gasteiger partial charge is 0.160 e. The lowest BCUT2D eigenvalue weighted by molar-refractivity contribution is 0.0461. The van der Waals surface area contributed by atoms with Crippen molar-refractivity contribution >= 4 is 0 Å². The highest BCUT2D eigenvalue weighted by molar-refractivity contribution is 5.41. The van der Waals surface area contributed by atoms with Gasteiger partial charge in [0, 0.05) is 0 Å². The molecule has 0 radical (unpaired) electrons. The second kappa shape index (κ2) is 7.17. The van der Waals surface area contributed by atoms with Gasteiger partial charge in [0.05, 0.1) is 19.8 Å². The van der Waals surface area contributed by atoms with Crippen molar-refractivity contribution in [2.45, 2.75) is 45.8 Å². The molecule has 1 atom stereocenters. The van der Waals surface area contributed by atoms with Crippen molar-refractivity contribution in [3.05, 3.63) is 23.8 Å². The van der Waals surface area contributed by atoms with Crippen LogP contribution in [-0.4, -0.2) is 18.3 Å². The van der Waals surface area contributed by atoms with Crippen molar-refractivity contribution in [3.63, 3.8) is 0 Å². The monoisotopic (exact) mass is 238 g/mol. The molecular formula is C14H22O3. The topological polar surface area (TPSA) is 38.7 Å². The summed E-state index contributed by atoms with van der Waals surface area (Å²) in [7, 11) is 1.55. The Morgan fingerprint density at radius 2 is 2.12 bits per heavy atom. The molecule has 1 unspecified atom stereocenters. The van der Waals surface area contributed by atoms with E-state index in [2.05, 4.69) is 13.8 Å². The minimum absolute atomic E-state index is 0.162. The van der Waals surface area contributed by atoms with Crippen molar-refractivity contribution in [1.29, 1.82) is 0 Å². The summed E-state index contributed by atoms with van der Waals surface area (Å²) in [5, 5.41) is 9.46. The van der Waals surface area contributed by atoms with Crippen molar-refractivity contribution < 1.29 is 14.6 Å². The highest BCUT2D eigenvalue weighted by Gasteiger charge is 2.05. The number of benzene rings is 1. The Balaban J connectivity index is 2.46. The predicted molar refractivity (Wildman–Crippen MR) is 68.4 cm³/mol. The number of hydrogen-bond donors (Lipinski definition) is 1. The first-order chi connectivity index (χ1) is 8.17. The van der Waals surface area contributed by atoms with Gasteiger partial charge in [0.1, 0.15) is 0 Å². The van der Waals surface area contributed by atoms with Gasteiger partial charge in [-0.25, -0.2) is 0 Å². The quantitative estimate of drug-likeness (QED) is 0.790. The van der Waals surface area contributed by atoms with E-state index in [0.717, 1.165) is 12.0 Å². The van der Waals surface area contributed by atoms with E-state index in [1.807, 2.05) is 12.1 Å². The van der Waals surface area contributed by atoms with Crippen LogP contribution in [0.5, 0.6) is 11.5 Å². The summed E-state index contributed by atoms with van der Waals surface area (Å²) < 4.78 is 10.8. The second-order valence-electron chi connectivity index (χ2n) is 4.27. The van der Waals surface area contributed by atoms with E-state index < -0.39 is 0 Å². The average molecular weight is 238 g/mol. The number of methoxy groups -OCH3 is 1.